The van der Waals surface area contributed by atoms with Gasteiger partial charge < -0.3 is 34.8 Å². The molecule has 1 amide bonds. The molecular formula is C18H22BN2O7-. The van der Waals surface area contributed by atoms with E-state index < -0.39 is 12.7 Å². The molecule has 3 atom stereocenters. The first kappa shape index (κ1) is 17.8. The summed E-state index contributed by atoms with van der Waals surface area (Å²) in [5.41, 5.74) is 0.385. The van der Waals surface area contributed by atoms with Crippen molar-refractivity contribution in [2.24, 2.45) is 5.92 Å². The summed E-state index contributed by atoms with van der Waals surface area (Å²) in [6.45, 7) is -2.27. The monoisotopic (exact) mass is 389 g/mol. The van der Waals surface area contributed by atoms with Crippen LogP contribution in [0.5, 0.6) is 11.5 Å². The number of ether oxygens (including phenoxy) is 1. The van der Waals surface area contributed by atoms with Crippen LogP contribution in [-0.4, -0.2) is 70.0 Å². The number of carboxylic acid groups (broad SMARTS) is 1. The van der Waals surface area contributed by atoms with Gasteiger partial charge in [0.2, 0.25) is 5.91 Å². The summed E-state index contributed by atoms with van der Waals surface area (Å²) in [5, 5.41) is 32.5. The van der Waals surface area contributed by atoms with E-state index in [0.717, 1.165) is 12.8 Å². The Hall–Kier alpha value is -2.30. The van der Waals surface area contributed by atoms with Crippen molar-refractivity contribution >= 4 is 18.6 Å². The molecule has 3 heterocycles. The summed E-state index contributed by atoms with van der Waals surface area (Å²) < 4.78 is 11.0. The highest BCUT2D eigenvalue weighted by molar-refractivity contribution is 6.59. The molecule has 9 nitrogen and oxygen atoms in total. The number of piperidine rings is 1. The van der Waals surface area contributed by atoms with Gasteiger partial charge in [0.05, 0.1) is 24.9 Å². The summed E-state index contributed by atoms with van der Waals surface area (Å²) in [5.74, 6) is -0.489. The number of hydrogen-bond acceptors (Lipinski definition) is 7. The van der Waals surface area contributed by atoms with E-state index in [1.54, 1.807) is 17.0 Å². The number of aromatic carboxylic acids is 1. The number of nitrogens with zero attached hydrogens (tertiary/aromatic N) is 1. The summed E-state index contributed by atoms with van der Waals surface area (Å²) >= 11 is 0. The highest BCUT2D eigenvalue weighted by atomic mass is 16.6. The molecule has 5 rings (SSSR count). The standard InChI is InChI=1S/C18H22BN2O7/c22-17(13-6-10-5-12(10)20-13)21-7-11(8-21)27-14-2-1-9-3-4-19(25,26)28-16(9)15(14)18(23)24/h1-2,10-13,20,25-26H,3-8H2,(H,23,24)/q-1/t10-,12-,13-/m0/s1. The number of likely N-dealkylation sites (tertiary alicyclic amines) is 1. The Kier molecular flexibility index (Phi) is 3.87. The summed E-state index contributed by atoms with van der Waals surface area (Å²) in [4.78, 5) is 26.0. The normalized spacial score (nSPS) is 29.9. The van der Waals surface area contributed by atoms with Crippen molar-refractivity contribution in [2.45, 2.75) is 43.8 Å². The molecule has 0 spiro atoms. The zero-order valence-corrected chi connectivity index (χ0v) is 15.2. The second kappa shape index (κ2) is 6.10. The Labute approximate surface area is 161 Å². The molecule has 3 fully saturated rings. The number of hydrogen-bond donors (Lipinski definition) is 4. The molecule has 28 heavy (non-hydrogen) atoms. The zero-order valence-electron chi connectivity index (χ0n) is 15.2. The molecule has 150 valence electrons. The smallest absolute Gasteiger partial charge is 0.430 e. The van der Waals surface area contributed by atoms with Gasteiger partial charge >= 0.3 is 12.7 Å². The number of rotatable bonds is 4. The van der Waals surface area contributed by atoms with Gasteiger partial charge in [-0.25, -0.2) is 4.79 Å². The molecule has 0 bridgehead atoms. The van der Waals surface area contributed by atoms with Crippen LogP contribution in [0.4, 0.5) is 0 Å². The van der Waals surface area contributed by atoms with E-state index in [1.165, 1.54) is 0 Å². The molecule has 0 radical (unpaired) electrons. The number of carbonyl (C=O) groups excluding carboxylic acids is 1. The van der Waals surface area contributed by atoms with E-state index in [0.29, 0.717) is 37.0 Å². The lowest BCUT2D eigenvalue weighted by atomic mass is 9.70. The maximum Gasteiger partial charge on any atom is 0.430 e. The van der Waals surface area contributed by atoms with Crippen LogP contribution < -0.4 is 14.7 Å². The molecule has 4 N–H and O–H groups in total. The van der Waals surface area contributed by atoms with Gasteiger partial charge in [-0.1, -0.05) is 12.4 Å². The van der Waals surface area contributed by atoms with E-state index in [-0.39, 0.29) is 41.4 Å². The van der Waals surface area contributed by atoms with Crippen LogP contribution in [0, 0.1) is 5.92 Å². The second-order valence-electron chi connectivity index (χ2n) is 8.29. The zero-order chi connectivity index (χ0) is 19.6. The molecule has 1 aromatic rings. The SMILES string of the molecule is O=C(O)c1c(OC2CN(C(=O)[C@@H]3C[C@@H]4C[C@@H]4N3)C2)ccc2c1O[B-](O)(O)CC2. The second-order valence-corrected chi connectivity index (χ2v) is 8.29. The van der Waals surface area contributed by atoms with Crippen LogP contribution in [0.3, 0.4) is 0 Å². The minimum absolute atomic E-state index is 0.0167. The van der Waals surface area contributed by atoms with Crippen LogP contribution in [0.15, 0.2) is 12.1 Å². The number of carbonyl (C=O) groups is 2. The van der Waals surface area contributed by atoms with Gasteiger partial charge in [0, 0.05) is 6.04 Å². The van der Waals surface area contributed by atoms with Crippen molar-refractivity contribution in [1.29, 1.82) is 0 Å². The van der Waals surface area contributed by atoms with Crippen LogP contribution in [-0.2, 0) is 11.2 Å². The fraction of sp³-hybridized carbons (Fsp3) is 0.556. The molecule has 1 aliphatic carbocycles. The summed E-state index contributed by atoms with van der Waals surface area (Å²) in [7, 11) is 0. The largest absolute Gasteiger partial charge is 0.669 e. The predicted octanol–water partition coefficient (Wildman–Crippen LogP) is -0.417. The number of amides is 1. The van der Waals surface area contributed by atoms with Gasteiger partial charge in [0.1, 0.15) is 17.4 Å². The Morgan fingerprint density at radius 1 is 1.25 bits per heavy atom. The molecule has 2 saturated heterocycles. The lowest BCUT2D eigenvalue weighted by Gasteiger charge is -2.41. The minimum Gasteiger partial charge on any atom is -0.669 e. The first-order chi connectivity index (χ1) is 13.3. The lowest BCUT2D eigenvalue weighted by molar-refractivity contribution is -0.142. The number of fused-ring (bicyclic) bond motifs is 2. The molecule has 0 aromatic heterocycles. The van der Waals surface area contributed by atoms with Crippen molar-refractivity contribution in [3.05, 3.63) is 23.3 Å². The van der Waals surface area contributed by atoms with Gasteiger partial charge in [-0.2, -0.15) is 0 Å². The third-order valence-electron chi connectivity index (χ3n) is 6.14. The molecule has 1 aromatic carbocycles. The highest BCUT2D eigenvalue weighted by Gasteiger charge is 2.50. The van der Waals surface area contributed by atoms with Gasteiger partial charge in [0.25, 0.3) is 0 Å². The van der Waals surface area contributed by atoms with Crippen LogP contribution in [0.1, 0.15) is 28.8 Å². The topological polar surface area (TPSA) is 129 Å². The number of nitrogens with one attached hydrogen (secondary N) is 1. The van der Waals surface area contributed by atoms with E-state index in [1.807, 2.05) is 0 Å². The van der Waals surface area contributed by atoms with Gasteiger partial charge in [-0.05, 0) is 36.8 Å². The third kappa shape index (κ3) is 3.01. The maximum absolute atomic E-state index is 12.5. The van der Waals surface area contributed by atoms with E-state index in [2.05, 4.69) is 5.32 Å². The van der Waals surface area contributed by atoms with Crippen molar-refractivity contribution in [3.8, 4) is 11.5 Å². The van der Waals surface area contributed by atoms with E-state index >= 15 is 0 Å². The van der Waals surface area contributed by atoms with Crippen molar-refractivity contribution < 1.29 is 34.1 Å². The molecule has 3 aliphatic heterocycles. The minimum atomic E-state index is -3.07. The number of aryl methyl sites for hydroxylation is 1. The quantitative estimate of drug-likeness (QED) is 0.512. The van der Waals surface area contributed by atoms with Gasteiger partial charge in [0.15, 0.2) is 0 Å². The average Bonchev–Trinajstić information content (AvgIpc) is 3.21. The third-order valence-corrected chi connectivity index (χ3v) is 6.14. The molecule has 0 unspecified atom stereocenters. The molecule has 1 saturated carbocycles. The van der Waals surface area contributed by atoms with Crippen molar-refractivity contribution in [3.63, 3.8) is 0 Å². The van der Waals surface area contributed by atoms with E-state index in [4.69, 9.17) is 9.39 Å². The van der Waals surface area contributed by atoms with Gasteiger partial charge in [-0.15, -0.1) is 0 Å². The average molecular weight is 389 g/mol. The number of benzene rings is 1. The summed E-state index contributed by atoms with van der Waals surface area (Å²) in [6.07, 6.45) is 2.08. The van der Waals surface area contributed by atoms with Crippen molar-refractivity contribution in [1.82, 2.24) is 10.2 Å². The molecule has 4 aliphatic rings. The first-order valence-corrected chi connectivity index (χ1v) is 9.71. The summed E-state index contributed by atoms with van der Waals surface area (Å²) in [6, 6.07) is 3.64. The predicted molar refractivity (Wildman–Crippen MR) is 97.2 cm³/mol. The Morgan fingerprint density at radius 2 is 2.04 bits per heavy atom. The highest BCUT2D eigenvalue weighted by Crippen LogP contribution is 2.42. The van der Waals surface area contributed by atoms with Crippen LogP contribution in [0.25, 0.3) is 0 Å². The van der Waals surface area contributed by atoms with Crippen molar-refractivity contribution in [2.75, 3.05) is 13.1 Å². The fourth-order valence-electron chi connectivity index (χ4n) is 4.44. The van der Waals surface area contributed by atoms with Crippen LogP contribution >= 0.6 is 0 Å². The Morgan fingerprint density at radius 3 is 2.71 bits per heavy atom. The number of carboxylic acids is 1. The molecular weight excluding hydrogens is 367 g/mol. The van der Waals surface area contributed by atoms with Gasteiger partial charge in [-0.3, -0.25) is 4.79 Å². The molecule has 10 heteroatoms. The van der Waals surface area contributed by atoms with E-state index in [9.17, 15) is 24.7 Å². The maximum atomic E-state index is 12.5. The fourth-order valence-corrected chi connectivity index (χ4v) is 4.44. The first-order valence-electron chi connectivity index (χ1n) is 9.71. The Bertz CT molecular complexity index is 845. The van der Waals surface area contributed by atoms with Crippen LogP contribution in [0.2, 0.25) is 6.32 Å². The lowest BCUT2D eigenvalue weighted by Crippen LogP contribution is -2.60. The Balaban J connectivity index is 1.27.